The summed E-state index contributed by atoms with van der Waals surface area (Å²) in [5, 5.41) is 3.96. The summed E-state index contributed by atoms with van der Waals surface area (Å²) in [6, 6.07) is 7.31. The van der Waals surface area contributed by atoms with Crippen molar-refractivity contribution in [3.05, 3.63) is 57.7 Å². The molecule has 1 fully saturated rings. The smallest absolute Gasteiger partial charge is 0.223 e. The molecule has 1 aliphatic heterocycles. The third kappa shape index (κ3) is 2.90. The number of hydrogen-bond donors (Lipinski definition) is 1. The predicted molar refractivity (Wildman–Crippen MR) is 78.6 cm³/mol. The molecule has 18 heavy (non-hydrogen) atoms. The van der Waals surface area contributed by atoms with E-state index in [4.69, 9.17) is 30.4 Å². The summed E-state index contributed by atoms with van der Waals surface area (Å²) in [5.74, 6) is 0. The summed E-state index contributed by atoms with van der Waals surface area (Å²) in [6.45, 7) is 8.26. The molecule has 0 amide bonds. The van der Waals surface area contributed by atoms with Crippen LogP contribution in [0.5, 0.6) is 0 Å². The molecule has 1 aromatic carbocycles. The van der Waals surface area contributed by atoms with E-state index in [-0.39, 0.29) is 0 Å². The first-order valence-corrected chi connectivity index (χ1v) is 6.66. The third-order valence-corrected chi connectivity index (χ3v) is 3.59. The first kappa shape index (κ1) is 13.1. The van der Waals surface area contributed by atoms with E-state index in [0.717, 1.165) is 37.1 Å². The Hall–Kier alpha value is -1.37. The third-order valence-electron chi connectivity index (χ3n) is 2.91. The van der Waals surface area contributed by atoms with Crippen LogP contribution in [0.15, 0.2) is 35.7 Å². The van der Waals surface area contributed by atoms with Gasteiger partial charge >= 0.3 is 0 Å². The first-order valence-electron chi connectivity index (χ1n) is 5.87. The molecule has 0 radical (unpaired) electrons. The van der Waals surface area contributed by atoms with Gasteiger partial charge in [-0.1, -0.05) is 36.0 Å². The van der Waals surface area contributed by atoms with E-state index in [1.807, 2.05) is 12.1 Å². The van der Waals surface area contributed by atoms with Crippen molar-refractivity contribution < 1.29 is 0 Å². The van der Waals surface area contributed by atoms with Crippen LogP contribution in [-0.4, -0.2) is 11.4 Å². The Labute approximate surface area is 117 Å². The summed E-state index contributed by atoms with van der Waals surface area (Å²) in [5.41, 5.74) is 2.43. The molecule has 1 heterocycles. The Balaban J connectivity index is 2.31. The second-order valence-electron chi connectivity index (χ2n) is 4.16. The average Bonchev–Trinajstić information content (AvgIpc) is 2.41. The number of rotatable bonds is 2. The van der Waals surface area contributed by atoms with Gasteiger partial charge in [0.25, 0.3) is 0 Å². The number of benzene rings is 1. The van der Waals surface area contributed by atoms with Crippen molar-refractivity contribution in [2.24, 2.45) is 0 Å². The maximum Gasteiger partial charge on any atom is 0.223 e. The molecule has 1 N–H and O–H groups in total. The summed E-state index contributed by atoms with van der Waals surface area (Å²) >= 11 is 11.3. The van der Waals surface area contributed by atoms with Crippen LogP contribution in [0.4, 0.5) is 0 Å². The van der Waals surface area contributed by atoms with Gasteiger partial charge in [-0.2, -0.15) is 0 Å². The predicted octanol–water partition coefficient (Wildman–Crippen LogP) is 3.96. The SMILES string of the molecule is [C-]#[N+]/C(C(=S)c1ccc(Cl)cc1)=C1\CCCCN1. The molecule has 0 spiro atoms. The maximum atomic E-state index is 7.33. The molecule has 0 saturated carbocycles. The normalized spacial score (nSPS) is 17.6. The summed E-state index contributed by atoms with van der Waals surface area (Å²) < 4.78 is 0. The fourth-order valence-electron chi connectivity index (χ4n) is 1.95. The van der Waals surface area contributed by atoms with Crippen LogP contribution in [0.1, 0.15) is 24.8 Å². The Morgan fingerprint density at radius 2 is 2.00 bits per heavy atom. The van der Waals surface area contributed by atoms with Gasteiger partial charge in [0.05, 0.1) is 11.4 Å². The number of thiocarbonyl (C=S) groups is 1. The van der Waals surface area contributed by atoms with E-state index in [2.05, 4.69) is 10.2 Å². The molecular weight excluding hydrogens is 264 g/mol. The second-order valence-corrected chi connectivity index (χ2v) is 5.00. The Morgan fingerprint density at radius 3 is 2.56 bits per heavy atom. The molecule has 92 valence electrons. The van der Waals surface area contributed by atoms with Gasteiger partial charge in [-0.15, -0.1) is 0 Å². The van der Waals surface area contributed by atoms with E-state index in [1.165, 1.54) is 0 Å². The van der Waals surface area contributed by atoms with Gasteiger partial charge in [0, 0.05) is 17.3 Å². The zero-order valence-corrected chi connectivity index (χ0v) is 11.4. The Kier molecular flexibility index (Phi) is 4.35. The Morgan fingerprint density at radius 1 is 1.28 bits per heavy atom. The van der Waals surface area contributed by atoms with Gasteiger partial charge in [-0.05, 0) is 37.0 Å². The van der Waals surface area contributed by atoms with Crippen molar-refractivity contribution in [2.45, 2.75) is 19.3 Å². The quantitative estimate of drug-likeness (QED) is 0.381. The molecule has 2 nitrogen and oxygen atoms in total. The van der Waals surface area contributed by atoms with Crippen molar-refractivity contribution >= 4 is 28.7 Å². The molecule has 0 unspecified atom stereocenters. The van der Waals surface area contributed by atoms with E-state index in [1.54, 1.807) is 12.1 Å². The number of halogens is 1. The van der Waals surface area contributed by atoms with Crippen molar-refractivity contribution in [1.29, 1.82) is 0 Å². The number of nitrogens with one attached hydrogen (secondary N) is 1. The highest BCUT2D eigenvalue weighted by atomic mass is 35.5. The van der Waals surface area contributed by atoms with Crippen molar-refractivity contribution in [3.63, 3.8) is 0 Å². The van der Waals surface area contributed by atoms with Gasteiger partial charge in [-0.25, -0.2) is 4.85 Å². The highest BCUT2D eigenvalue weighted by Gasteiger charge is 2.16. The monoisotopic (exact) mass is 276 g/mol. The minimum atomic E-state index is 0.576. The highest BCUT2D eigenvalue weighted by molar-refractivity contribution is 7.81. The molecule has 1 aromatic rings. The maximum absolute atomic E-state index is 7.33. The minimum Gasteiger partial charge on any atom is -0.397 e. The zero-order chi connectivity index (χ0) is 13.0. The molecule has 0 aromatic heterocycles. The van der Waals surface area contributed by atoms with Crippen molar-refractivity contribution in [3.8, 4) is 0 Å². The van der Waals surface area contributed by atoms with Crippen LogP contribution in [-0.2, 0) is 0 Å². The fraction of sp³-hybridized carbons (Fsp3) is 0.286. The average molecular weight is 277 g/mol. The van der Waals surface area contributed by atoms with Crippen LogP contribution in [0, 0.1) is 6.57 Å². The van der Waals surface area contributed by atoms with E-state index >= 15 is 0 Å². The second kappa shape index (κ2) is 5.99. The minimum absolute atomic E-state index is 0.576. The highest BCUT2D eigenvalue weighted by Crippen LogP contribution is 2.21. The number of hydrogen-bond acceptors (Lipinski definition) is 2. The standard InChI is InChI=1S/C14H13ClN2S/c1-16-13(12-4-2-3-9-17-12)14(18)10-5-7-11(15)8-6-10/h5-8,17H,2-4,9H2/b13-12+. The van der Waals surface area contributed by atoms with Gasteiger partial charge in [0.15, 0.2) is 0 Å². The van der Waals surface area contributed by atoms with Crippen LogP contribution >= 0.6 is 23.8 Å². The van der Waals surface area contributed by atoms with Crippen LogP contribution in [0.25, 0.3) is 4.85 Å². The molecule has 0 atom stereocenters. The lowest BCUT2D eigenvalue weighted by molar-refractivity contribution is 0.586. The van der Waals surface area contributed by atoms with E-state index in [9.17, 15) is 0 Å². The summed E-state index contributed by atoms with van der Waals surface area (Å²) in [7, 11) is 0. The van der Waals surface area contributed by atoms with E-state index in [0.29, 0.717) is 15.6 Å². The molecule has 1 aliphatic rings. The molecule has 0 bridgehead atoms. The lowest BCUT2D eigenvalue weighted by Crippen LogP contribution is -2.22. The Bertz CT molecular complexity index is 518. The van der Waals surface area contributed by atoms with Gasteiger partial charge in [-0.3, -0.25) is 0 Å². The van der Waals surface area contributed by atoms with Crippen molar-refractivity contribution in [2.75, 3.05) is 6.54 Å². The zero-order valence-electron chi connectivity index (χ0n) is 9.87. The molecule has 4 heteroatoms. The van der Waals surface area contributed by atoms with Gasteiger partial charge < -0.3 is 5.32 Å². The molecule has 2 rings (SSSR count). The molecule has 1 saturated heterocycles. The van der Waals surface area contributed by atoms with E-state index < -0.39 is 0 Å². The molecule has 0 aliphatic carbocycles. The largest absolute Gasteiger partial charge is 0.397 e. The number of allylic oxidation sites excluding steroid dienone is 2. The van der Waals surface area contributed by atoms with Crippen molar-refractivity contribution in [1.82, 2.24) is 5.32 Å². The molecular formula is C14H13ClN2S. The van der Waals surface area contributed by atoms with Crippen LogP contribution < -0.4 is 5.32 Å². The lowest BCUT2D eigenvalue weighted by atomic mass is 10.0. The lowest BCUT2D eigenvalue weighted by Gasteiger charge is -2.19. The van der Waals surface area contributed by atoms with Gasteiger partial charge in [0.2, 0.25) is 5.70 Å². The first-order chi connectivity index (χ1) is 8.72. The fourth-order valence-corrected chi connectivity index (χ4v) is 2.38. The number of piperidine rings is 1. The summed E-state index contributed by atoms with van der Waals surface area (Å²) in [6.07, 6.45) is 3.18. The summed E-state index contributed by atoms with van der Waals surface area (Å²) in [4.78, 5) is 4.21. The topological polar surface area (TPSA) is 16.4 Å². The van der Waals surface area contributed by atoms with Crippen LogP contribution in [0.2, 0.25) is 5.02 Å². The van der Waals surface area contributed by atoms with Crippen LogP contribution in [0.3, 0.4) is 0 Å². The van der Waals surface area contributed by atoms with Gasteiger partial charge in [0.1, 0.15) is 0 Å². The number of nitrogens with zero attached hydrogens (tertiary/aromatic N) is 1.